The summed E-state index contributed by atoms with van der Waals surface area (Å²) in [6, 6.07) is 6.78. The number of hydrogen-bond acceptors (Lipinski definition) is 6. The normalized spacial score (nSPS) is 25.6. The summed E-state index contributed by atoms with van der Waals surface area (Å²) in [5.41, 5.74) is -1.49. The Morgan fingerprint density at radius 3 is 1.67 bits per heavy atom. The van der Waals surface area contributed by atoms with E-state index < -0.39 is 35.1 Å². The van der Waals surface area contributed by atoms with E-state index in [0.717, 1.165) is 19.6 Å². The first kappa shape index (κ1) is 18.1. The maximum absolute atomic E-state index is 13.5. The van der Waals surface area contributed by atoms with Crippen molar-refractivity contribution in [3.05, 3.63) is 44.8 Å². The van der Waals surface area contributed by atoms with Crippen LogP contribution in [0.5, 0.6) is 0 Å². The molecule has 1 saturated carbocycles. The van der Waals surface area contributed by atoms with E-state index in [1.807, 2.05) is 35.0 Å². The van der Waals surface area contributed by atoms with E-state index in [1.54, 1.807) is 0 Å². The van der Waals surface area contributed by atoms with E-state index in [4.69, 9.17) is 0 Å². The molecule has 2 atom stereocenters. The highest BCUT2D eigenvalue weighted by molar-refractivity contribution is 7.10. The summed E-state index contributed by atoms with van der Waals surface area (Å²) >= 11 is 2.86. The van der Waals surface area contributed by atoms with E-state index in [0.29, 0.717) is 0 Å². The molecule has 6 nitrogen and oxygen atoms in total. The number of amides is 4. The fourth-order valence-electron chi connectivity index (χ4n) is 4.37. The second kappa shape index (κ2) is 6.38. The molecule has 1 saturated heterocycles. The van der Waals surface area contributed by atoms with Gasteiger partial charge in [-0.1, -0.05) is 12.1 Å². The average molecular weight is 402 g/mol. The molecule has 2 aliphatic rings. The standard InChI is InChI=1S/C19H18N2O4S2/c1-20-16(23)19(17(24)21(2)18(20)25)12(14-5-3-7-26-14)9-11(22)10-13(19)15-6-4-8-27-15/h3-8,12-13H,9-10H2,1-2H3/t12-,13+. The van der Waals surface area contributed by atoms with E-state index in [2.05, 4.69) is 0 Å². The minimum atomic E-state index is -1.49. The molecular weight excluding hydrogens is 384 g/mol. The van der Waals surface area contributed by atoms with Crippen LogP contribution in [0.15, 0.2) is 35.0 Å². The Labute approximate surface area is 164 Å². The molecule has 4 amide bonds. The summed E-state index contributed by atoms with van der Waals surface area (Å²) in [5, 5.41) is 3.75. The van der Waals surface area contributed by atoms with Crippen molar-refractivity contribution >= 4 is 46.3 Å². The molecule has 3 heterocycles. The first-order valence-electron chi connectivity index (χ1n) is 8.57. The quantitative estimate of drug-likeness (QED) is 0.724. The molecule has 1 spiro atoms. The molecule has 0 bridgehead atoms. The van der Waals surface area contributed by atoms with Crippen molar-refractivity contribution in [3.63, 3.8) is 0 Å². The van der Waals surface area contributed by atoms with Gasteiger partial charge in [-0.3, -0.25) is 24.2 Å². The van der Waals surface area contributed by atoms with E-state index in [9.17, 15) is 19.2 Å². The smallest absolute Gasteiger partial charge is 0.300 e. The van der Waals surface area contributed by atoms with Gasteiger partial charge in [0, 0.05) is 48.5 Å². The van der Waals surface area contributed by atoms with Gasteiger partial charge in [-0.25, -0.2) is 4.79 Å². The lowest BCUT2D eigenvalue weighted by Gasteiger charge is -2.51. The molecule has 0 unspecified atom stereocenters. The Bertz CT molecular complexity index is 847. The topological polar surface area (TPSA) is 74.8 Å². The molecule has 1 aliphatic heterocycles. The van der Waals surface area contributed by atoms with Crippen LogP contribution in [-0.4, -0.2) is 47.5 Å². The van der Waals surface area contributed by atoms with E-state index >= 15 is 0 Å². The summed E-state index contributed by atoms with van der Waals surface area (Å²) in [6.07, 6.45) is 0.242. The molecule has 2 fully saturated rings. The van der Waals surface area contributed by atoms with Crippen molar-refractivity contribution in [1.29, 1.82) is 0 Å². The second-order valence-corrected chi connectivity index (χ2v) is 8.92. The highest BCUT2D eigenvalue weighted by atomic mass is 32.1. The number of Topliss-reactive ketones (excluding diaryl/α,β-unsaturated/α-hetero) is 1. The molecule has 27 heavy (non-hydrogen) atoms. The van der Waals surface area contributed by atoms with Crippen LogP contribution in [-0.2, 0) is 14.4 Å². The van der Waals surface area contributed by atoms with Gasteiger partial charge in [-0.05, 0) is 22.9 Å². The number of hydrogen-bond donors (Lipinski definition) is 0. The van der Waals surface area contributed by atoms with Gasteiger partial charge in [-0.15, -0.1) is 22.7 Å². The summed E-state index contributed by atoms with van der Waals surface area (Å²) < 4.78 is 0. The number of carbonyl (C=O) groups is 4. The lowest BCUT2D eigenvalue weighted by molar-refractivity contribution is -0.163. The van der Waals surface area contributed by atoms with Crippen molar-refractivity contribution in [3.8, 4) is 0 Å². The van der Waals surface area contributed by atoms with Crippen LogP contribution < -0.4 is 0 Å². The van der Waals surface area contributed by atoms with Crippen LogP contribution in [0.2, 0.25) is 0 Å². The summed E-state index contributed by atoms with van der Waals surface area (Å²) in [4.78, 5) is 55.8. The zero-order chi connectivity index (χ0) is 19.3. The van der Waals surface area contributed by atoms with Gasteiger partial charge in [-0.2, -0.15) is 0 Å². The molecular formula is C19H18N2O4S2. The van der Waals surface area contributed by atoms with Crippen LogP contribution in [0.3, 0.4) is 0 Å². The molecule has 0 aromatic carbocycles. The largest absolute Gasteiger partial charge is 0.332 e. The predicted molar refractivity (Wildman–Crippen MR) is 102 cm³/mol. The van der Waals surface area contributed by atoms with Crippen molar-refractivity contribution < 1.29 is 19.2 Å². The predicted octanol–water partition coefficient (Wildman–Crippen LogP) is 3.08. The first-order chi connectivity index (χ1) is 12.9. The van der Waals surface area contributed by atoms with Crippen molar-refractivity contribution in [2.45, 2.75) is 24.7 Å². The van der Waals surface area contributed by atoms with Crippen molar-refractivity contribution in [2.75, 3.05) is 14.1 Å². The first-order valence-corrected chi connectivity index (χ1v) is 10.3. The van der Waals surface area contributed by atoms with Crippen molar-refractivity contribution in [2.24, 2.45) is 5.41 Å². The number of ketones is 1. The Morgan fingerprint density at radius 1 is 0.852 bits per heavy atom. The molecule has 2 aromatic rings. The number of urea groups is 1. The third-order valence-electron chi connectivity index (χ3n) is 5.63. The average Bonchev–Trinajstić information content (AvgIpc) is 3.37. The van der Waals surface area contributed by atoms with Crippen LogP contribution in [0.4, 0.5) is 4.79 Å². The minimum absolute atomic E-state index is 0.0280. The van der Waals surface area contributed by atoms with Crippen molar-refractivity contribution in [1.82, 2.24) is 9.80 Å². The number of imide groups is 2. The molecule has 1 aliphatic carbocycles. The Kier molecular flexibility index (Phi) is 4.27. The molecule has 140 valence electrons. The lowest BCUT2D eigenvalue weighted by Crippen LogP contribution is -2.67. The molecule has 0 N–H and O–H groups in total. The minimum Gasteiger partial charge on any atom is -0.300 e. The summed E-state index contributed by atoms with van der Waals surface area (Å²) in [5.74, 6) is -2.16. The number of barbiturate groups is 1. The van der Waals surface area contributed by atoms with Gasteiger partial charge in [0.25, 0.3) is 0 Å². The third-order valence-corrected chi connectivity index (χ3v) is 7.60. The fourth-order valence-corrected chi connectivity index (χ4v) is 6.18. The molecule has 0 radical (unpaired) electrons. The third kappa shape index (κ3) is 2.43. The Balaban J connectivity index is 1.99. The van der Waals surface area contributed by atoms with Gasteiger partial charge < -0.3 is 0 Å². The van der Waals surface area contributed by atoms with Crippen LogP contribution >= 0.6 is 22.7 Å². The fraction of sp³-hybridized carbons (Fsp3) is 0.368. The maximum Gasteiger partial charge on any atom is 0.332 e. The zero-order valence-corrected chi connectivity index (χ0v) is 16.5. The summed E-state index contributed by atoms with van der Waals surface area (Å²) in [7, 11) is 2.81. The number of carbonyl (C=O) groups excluding carboxylic acids is 4. The molecule has 4 rings (SSSR count). The van der Waals surface area contributed by atoms with Crippen LogP contribution in [0, 0.1) is 5.41 Å². The SMILES string of the molecule is CN1C(=O)N(C)C(=O)C2(C1=O)[C@@H](c1cccs1)CC(=O)C[C@H]2c1cccs1. The lowest BCUT2D eigenvalue weighted by atomic mass is 9.56. The molecule has 8 heteroatoms. The monoisotopic (exact) mass is 402 g/mol. The van der Waals surface area contributed by atoms with E-state index in [1.165, 1.54) is 36.8 Å². The van der Waals surface area contributed by atoms with Crippen LogP contribution in [0.25, 0.3) is 0 Å². The number of nitrogens with zero attached hydrogens (tertiary/aromatic N) is 2. The Morgan fingerprint density at radius 2 is 1.30 bits per heavy atom. The van der Waals surface area contributed by atoms with E-state index in [-0.39, 0.29) is 18.6 Å². The van der Waals surface area contributed by atoms with Gasteiger partial charge in [0.15, 0.2) is 0 Å². The summed E-state index contributed by atoms with van der Waals surface area (Å²) in [6.45, 7) is 0. The zero-order valence-electron chi connectivity index (χ0n) is 14.9. The van der Waals surface area contributed by atoms with Gasteiger partial charge in [0.2, 0.25) is 11.8 Å². The maximum atomic E-state index is 13.5. The highest BCUT2D eigenvalue weighted by Gasteiger charge is 2.66. The second-order valence-electron chi connectivity index (χ2n) is 6.96. The molecule has 2 aromatic heterocycles. The van der Waals surface area contributed by atoms with Gasteiger partial charge >= 0.3 is 6.03 Å². The highest BCUT2D eigenvalue weighted by Crippen LogP contribution is 2.58. The Hall–Kier alpha value is -2.32. The number of thiophene rings is 2. The van der Waals surface area contributed by atoms with Gasteiger partial charge in [0.05, 0.1) is 0 Å². The number of rotatable bonds is 2. The van der Waals surface area contributed by atoms with Crippen LogP contribution in [0.1, 0.15) is 34.4 Å². The van der Waals surface area contributed by atoms with Gasteiger partial charge in [0.1, 0.15) is 11.2 Å².